The number of hydrogen-bond acceptors (Lipinski definition) is 2. The van der Waals surface area contributed by atoms with Gasteiger partial charge in [-0.15, -0.1) is 0 Å². The second-order valence-electron chi connectivity index (χ2n) is 10.7. The van der Waals surface area contributed by atoms with Crippen molar-refractivity contribution >= 4 is 28.1 Å². The summed E-state index contributed by atoms with van der Waals surface area (Å²) in [7, 11) is 0. The van der Waals surface area contributed by atoms with Gasteiger partial charge >= 0.3 is 0 Å². The van der Waals surface area contributed by atoms with Gasteiger partial charge in [-0.05, 0) is 73.6 Å². The van der Waals surface area contributed by atoms with E-state index in [4.69, 9.17) is 0 Å². The van der Waals surface area contributed by atoms with Crippen LogP contribution in [0.1, 0.15) is 107 Å². The highest BCUT2D eigenvalue weighted by Gasteiger charge is 2.07. The Balaban J connectivity index is 0.000000222. The maximum atomic E-state index is 12.0. The number of nitrogens with one attached hydrogen (secondary N) is 1. The SMILES string of the molecule is CC1CCCCCC1.CCCCNC(=O)c1ccc(C)c(N=C(C)CC)c1.Cc1cccc2ccccc12. The Morgan fingerprint density at radius 2 is 1.58 bits per heavy atom. The number of nitrogens with zero attached hydrogens (tertiary/aromatic N) is 1. The van der Waals surface area contributed by atoms with Gasteiger partial charge in [-0.3, -0.25) is 9.79 Å². The summed E-state index contributed by atoms with van der Waals surface area (Å²) in [5.41, 5.74) is 5.10. The number of hydrogen-bond donors (Lipinski definition) is 1. The fourth-order valence-corrected chi connectivity index (χ4v) is 4.51. The molecular weight excluding hydrogens is 464 g/mol. The molecule has 1 fully saturated rings. The molecule has 1 amide bonds. The van der Waals surface area contributed by atoms with Crippen molar-refractivity contribution in [3.8, 4) is 0 Å². The molecule has 0 saturated heterocycles. The number of aliphatic imine (C=N–C) groups is 1. The summed E-state index contributed by atoms with van der Waals surface area (Å²) >= 11 is 0. The molecule has 1 aliphatic rings. The fraction of sp³-hybridized carbons (Fsp3) is 0.486. The van der Waals surface area contributed by atoms with Crippen LogP contribution in [0.3, 0.4) is 0 Å². The molecule has 1 saturated carbocycles. The van der Waals surface area contributed by atoms with Crippen molar-refractivity contribution in [2.45, 2.75) is 99.3 Å². The number of carbonyl (C=O) groups is 1. The van der Waals surface area contributed by atoms with Crippen LogP contribution in [-0.2, 0) is 0 Å². The smallest absolute Gasteiger partial charge is 0.251 e. The van der Waals surface area contributed by atoms with Crippen molar-refractivity contribution in [3.63, 3.8) is 0 Å². The first-order valence-electron chi connectivity index (χ1n) is 14.7. The number of benzene rings is 3. The Bertz CT molecular complexity index is 1130. The Morgan fingerprint density at radius 1 is 0.895 bits per heavy atom. The molecule has 206 valence electrons. The average molecular weight is 515 g/mol. The van der Waals surface area contributed by atoms with Crippen LogP contribution in [-0.4, -0.2) is 18.2 Å². The zero-order chi connectivity index (χ0) is 27.8. The molecule has 0 heterocycles. The van der Waals surface area contributed by atoms with Gasteiger partial charge < -0.3 is 5.32 Å². The van der Waals surface area contributed by atoms with Gasteiger partial charge in [-0.1, -0.05) is 114 Å². The van der Waals surface area contributed by atoms with E-state index >= 15 is 0 Å². The number of rotatable bonds is 6. The summed E-state index contributed by atoms with van der Waals surface area (Å²) in [5, 5.41) is 5.61. The van der Waals surface area contributed by atoms with E-state index in [0.717, 1.165) is 48.7 Å². The summed E-state index contributed by atoms with van der Waals surface area (Å²) in [5.74, 6) is 1.01. The highest BCUT2D eigenvalue weighted by Crippen LogP contribution is 2.22. The first-order chi connectivity index (χ1) is 18.3. The van der Waals surface area contributed by atoms with E-state index in [1.807, 2.05) is 32.0 Å². The van der Waals surface area contributed by atoms with Crippen molar-refractivity contribution in [2.24, 2.45) is 10.9 Å². The number of unbranched alkanes of at least 4 members (excludes halogenated alkanes) is 1. The third kappa shape index (κ3) is 11.2. The number of aryl methyl sites for hydroxylation is 2. The van der Waals surface area contributed by atoms with Gasteiger partial charge in [-0.2, -0.15) is 0 Å². The summed E-state index contributed by atoms with van der Waals surface area (Å²) in [4.78, 5) is 16.5. The van der Waals surface area contributed by atoms with Crippen LogP contribution in [0.25, 0.3) is 10.8 Å². The van der Waals surface area contributed by atoms with Crippen LogP contribution in [0.4, 0.5) is 5.69 Å². The monoisotopic (exact) mass is 514 g/mol. The quantitative estimate of drug-likeness (QED) is 0.198. The van der Waals surface area contributed by atoms with Gasteiger partial charge in [0.2, 0.25) is 0 Å². The molecule has 0 bridgehead atoms. The summed E-state index contributed by atoms with van der Waals surface area (Å²) in [6.45, 7) is 13.5. The maximum absolute atomic E-state index is 12.0. The molecule has 0 radical (unpaired) electrons. The van der Waals surface area contributed by atoms with Crippen LogP contribution in [0.5, 0.6) is 0 Å². The van der Waals surface area contributed by atoms with Gasteiger partial charge in [0.05, 0.1) is 5.69 Å². The largest absolute Gasteiger partial charge is 0.352 e. The van der Waals surface area contributed by atoms with E-state index in [1.54, 1.807) is 0 Å². The van der Waals surface area contributed by atoms with Crippen LogP contribution in [0.2, 0.25) is 0 Å². The number of fused-ring (bicyclic) bond motifs is 1. The second-order valence-corrected chi connectivity index (χ2v) is 10.7. The zero-order valence-corrected chi connectivity index (χ0v) is 24.8. The van der Waals surface area contributed by atoms with Crippen molar-refractivity contribution < 1.29 is 4.79 Å². The van der Waals surface area contributed by atoms with Gasteiger partial charge in [0.25, 0.3) is 5.91 Å². The third-order valence-corrected chi connectivity index (χ3v) is 7.26. The minimum absolute atomic E-state index is 0.0148. The minimum Gasteiger partial charge on any atom is -0.352 e. The first-order valence-corrected chi connectivity index (χ1v) is 14.7. The molecule has 0 unspecified atom stereocenters. The molecule has 1 N–H and O–H groups in total. The maximum Gasteiger partial charge on any atom is 0.251 e. The van der Waals surface area contributed by atoms with Crippen molar-refractivity contribution in [3.05, 3.63) is 77.4 Å². The van der Waals surface area contributed by atoms with Crippen molar-refractivity contribution in [2.75, 3.05) is 6.54 Å². The Labute approximate surface area is 232 Å². The fourth-order valence-electron chi connectivity index (χ4n) is 4.51. The van der Waals surface area contributed by atoms with Crippen molar-refractivity contribution in [1.29, 1.82) is 0 Å². The molecule has 3 heteroatoms. The minimum atomic E-state index is -0.0148. The predicted octanol–water partition coefficient (Wildman–Crippen LogP) is 10.2. The summed E-state index contributed by atoms with van der Waals surface area (Å²) in [6.07, 6.45) is 11.9. The highest BCUT2D eigenvalue weighted by atomic mass is 16.1. The standard InChI is InChI=1S/C16H24N2O.C11H10.C8H16/c1-5-7-10-17-16(19)14-9-8-12(3)15(11-14)18-13(4)6-2;1-9-5-4-7-10-6-2-3-8-11(9)10;1-8-6-4-2-3-5-7-8/h8-9,11H,5-7,10H2,1-4H3,(H,17,19);2-8H,1H3;8H,2-7H2,1H3. The average Bonchev–Trinajstić information content (AvgIpc) is 3.18. The van der Waals surface area contributed by atoms with E-state index in [-0.39, 0.29) is 5.91 Å². The summed E-state index contributed by atoms with van der Waals surface area (Å²) < 4.78 is 0. The molecule has 3 aromatic carbocycles. The van der Waals surface area contributed by atoms with E-state index < -0.39 is 0 Å². The van der Waals surface area contributed by atoms with Gasteiger partial charge in [0.1, 0.15) is 0 Å². The van der Waals surface area contributed by atoms with Crippen LogP contribution in [0, 0.1) is 19.8 Å². The summed E-state index contributed by atoms with van der Waals surface area (Å²) in [6, 6.07) is 20.5. The Morgan fingerprint density at radius 3 is 2.24 bits per heavy atom. The van der Waals surface area contributed by atoms with Crippen LogP contribution in [0.15, 0.2) is 65.7 Å². The topological polar surface area (TPSA) is 41.5 Å². The lowest BCUT2D eigenvalue weighted by atomic mass is 10.0. The molecule has 1 aliphatic carbocycles. The van der Waals surface area contributed by atoms with E-state index in [2.05, 4.69) is 80.5 Å². The number of amides is 1. The lowest BCUT2D eigenvalue weighted by Gasteiger charge is -2.07. The van der Waals surface area contributed by atoms with E-state index in [0.29, 0.717) is 5.56 Å². The third-order valence-electron chi connectivity index (χ3n) is 7.26. The Kier molecular flexibility index (Phi) is 14.4. The molecule has 0 aliphatic heterocycles. The van der Waals surface area contributed by atoms with Gasteiger partial charge in [0.15, 0.2) is 0 Å². The molecule has 38 heavy (non-hydrogen) atoms. The van der Waals surface area contributed by atoms with Crippen molar-refractivity contribution in [1.82, 2.24) is 5.32 Å². The molecule has 3 aromatic rings. The molecule has 0 aromatic heterocycles. The van der Waals surface area contributed by atoms with E-state index in [9.17, 15) is 4.79 Å². The Hall–Kier alpha value is -2.94. The molecule has 3 nitrogen and oxygen atoms in total. The first kappa shape index (κ1) is 31.3. The molecule has 0 spiro atoms. The highest BCUT2D eigenvalue weighted by molar-refractivity contribution is 5.95. The van der Waals surface area contributed by atoms with Crippen LogP contribution < -0.4 is 5.32 Å². The predicted molar refractivity (Wildman–Crippen MR) is 167 cm³/mol. The lowest BCUT2D eigenvalue weighted by molar-refractivity contribution is 0.0953. The van der Waals surface area contributed by atoms with E-state index in [1.165, 1.54) is 54.9 Å². The molecule has 4 rings (SSSR count). The number of carbonyl (C=O) groups excluding carboxylic acids is 1. The lowest BCUT2D eigenvalue weighted by Crippen LogP contribution is -2.24. The van der Waals surface area contributed by atoms with Gasteiger partial charge in [0, 0.05) is 17.8 Å². The molecular formula is C35H50N2O. The van der Waals surface area contributed by atoms with Gasteiger partial charge in [-0.25, -0.2) is 0 Å². The second kappa shape index (κ2) is 17.5. The molecule has 0 atom stereocenters. The normalized spacial score (nSPS) is 14.0. The zero-order valence-electron chi connectivity index (χ0n) is 24.8. The van der Waals surface area contributed by atoms with Crippen LogP contribution >= 0.6 is 0 Å².